The van der Waals surface area contributed by atoms with Crippen LogP contribution in [0.1, 0.15) is 10.4 Å². The third-order valence-electron chi connectivity index (χ3n) is 3.96. The molecule has 0 spiro atoms. The van der Waals surface area contributed by atoms with Crippen molar-refractivity contribution in [3.05, 3.63) is 58.5 Å². The molecule has 0 saturated carbocycles. The maximum atomic E-state index is 12.5. The van der Waals surface area contributed by atoms with Gasteiger partial charge >= 0.3 is 5.69 Å². The Morgan fingerprint density at radius 3 is 2.44 bits per heavy atom. The lowest BCUT2D eigenvalue weighted by Gasteiger charge is -2.13. The molecule has 0 bridgehead atoms. The summed E-state index contributed by atoms with van der Waals surface area (Å²) in [5, 5.41) is 2.81. The molecule has 7 heteroatoms. The highest BCUT2D eigenvalue weighted by Gasteiger charge is 2.17. The van der Waals surface area contributed by atoms with Crippen molar-refractivity contribution in [2.45, 2.75) is 6.54 Å². The first-order chi connectivity index (χ1) is 12.2. The predicted molar refractivity (Wildman–Crippen MR) is 94.4 cm³/mol. The van der Waals surface area contributed by atoms with Crippen LogP contribution >= 0.6 is 0 Å². The lowest BCUT2D eigenvalue weighted by atomic mass is 10.1. The fourth-order valence-electron chi connectivity index (χ4n) is 2.77. The van der Waals surface area contributed by atoms with Crippen molar-refractivity contribution in [2.75, 3.05) is 20.8 Å². The molecule has 2 aromatic carbocycles. The first-order valence-electron chi connectivity index (χ1n) is 7.82. The van der Waals surface area contributed by atoms with Gasteiger partial charge in [0.05, 0.1) is 25.3 Å². The van der Waals surface area contributed by atoms with E-state index in [1.165, 1.54) is 14.2 Å². The van der Waals surface area contributed by atoms with Gasteiger partial charge in [0.1, 0.15) is 17.1 Å². The highest BCUT2D eigenvalue weighted by Crippen LogP contribution is 2.27. The zero-order valence-corrected chi connectivity index (χ0v) is 14.0. The Morgan fingerprint density at radius 1 is 1.08 bits per heavy atom. The smallest absolute Gasteiger partial charge is 0.326 e. The van der Waals surface area contributed by atoms with E-state index in [0.717, 1.165) is 11.0 Å². The van der Waals surface area contributed by atoms with E-state index in [-0.39, 0.29) is 11.6 Å². The minimum absolute atomic E-state index is 0.203. The predicted octanol–water partition coefficient (Wildman–Crippen LogP) is 1.78. The van der Waals surface area contributed by atoms with Crippen LogP contribution in [0, 0.1) is 0 Å². The third-order valence-corrected chi connectivity index (χ3v) is 3.96. The van der Waals surface area contributed by atoms with Crippen LogP contribution in [0.2, 0.25) is 0 Å². The molecule has 0 aliphatic carbocycles. The number of methoxy groups -OCH3 is 2. The van der Waals surface area contributed by atoms with Crippen LogP contribution in [0.4, 0.5) is 0 Å². The van der Waals surface area contributed by atoms with Gasteiger partial charge in [0.2, 0.25) is 0 Å². The van der Waals surface area contributed by atoms with E-state index in [9.17, 15) is 9.59 Å². The number of benzene rings is 2. The van der Waals surface area contributed by atoms with Gasteiger partial charge in [0.15, 0.2) is 0 Å². The van der Waals surface area contributed by atoms with Crippen molar-refractivity contribution >= 4 is 16.9 Å². The Bertz CT molecular complexity index is 936. The minimum atomic E-state index is -0.317. The average molecular weight is 341 g/mol. The monoisotopic (exact) mass is 341 g/mol. The maximum absolute atomic E-state index is 12.5. The summed E-state index contributed by atoms with van der Waals surface area (Å²) in [4.78, 5) is 27.3. The number of para-hydroxylation sites is 2. The second-order valence-corrected chi connectivity index (χ2v) is 5.39. The molecular formula is C18H19N3O4. The van der Waals surface area contributed by atoms with Gasteiger partial charge in [-0.1, -0.05) is 18.2 Å². The Morgan fingerprint density at radius 2 is 1.76 bits per heavy atom. The van der Waals surface area contributed by atoms with Crippen molar-refractivity contribution in [1.29, 1.82) is 0 Å². The number of H-pyrrole nitrogens is 1. The maximum Gasteiger partial charge on any atom is 0.326 e. The van der Waals surface area contributed by atoms with Crippen molar-refractivity contribution in [3.8, 4) is 11.5 Å². The Balaban J connectivity index is 1.75. The summed E-state index contributed by atoms with van der Waals surface area (Å²) in [5.41, 5.74) is 1.70. The molecule has 1 heterocycles. The summed E-state index contributed by atoms with van der Waals surface area (Å²) < 4.78 is 12.1. The minimum Gasteiger partial charge on any atom is -0.496 e. The molecule has 0 aliphatic rings. The molecule has 0 saturated heterocycles. The molecule has 0 fully saturated rings. The summed E-state index contributed by atoms with van der Waals surface area (Å²) in [5.74, 6) is 0.546. The van der Waals surface area contributed by atoms with Crippen LogP contribution in [0.15, 0.2) is 47.3 Å². The van der Waals surface area contributed by atoms with Crippen LogP contribution in [-0.2, 0) is 6.54 Å². The zero-order chi connectivity index (χ0) is 17.8. The molecule has 0 atom stereocenters. The Hall–Kier alpha value is -3.22. The van der Waals surface area contributed by atoms with E-state index < -0.39 is 0 Å². The number of hydrogen-bond donors (Lipinski definition) is 2. The summed E-state index contributed by atoms with van der Waals surface area (Å²) in [6.45, 7) is 0.647. The van der Waals surface area contributed by atoms with Crippen molar-refractivity contribution in [2.24, 2.45) is 0 Å². The first-order valence-corrected chi connectivity index (χ1v) is 7.82. The topological polar surface area (TPSA) is 85.3 Å². The molecular weight excluding hydrogens is 322 g/mol. The normalized spacial score (nSPS) is 10.6. The second-order valence-electron chi connectivity index (χ2n) is 5.39. The van der Waals surface area contributed by atoms with E-state index in [4.69, 9.17) is 9.47 Å². The van der Waals surface area contributed by atoms with Crippen molar-refractivity contribution in [1.82, 2.24) is 14.9 Å². The fourth-order valence-corrected chi connectivity index (χ4v) is 2.77. The number of amides is 1. The van der Waals surface area contributed by atoms with Crippen LogP contribution in [0.25, 0.3) is 11.0 Å². The van der Waals surface area contributed by atoms with E-state index in [1.807, 2.05) is 24.3 Å². The molecule has 130 valence electrons. The van der Waals surface area contributed by atoms with Gasteiger partial charge in [-0.3, -0.25) is 9.36 Å². The Kier molecular flexibility index (Phi) is 4.74. The van der Waals surface area contributed by atoms with Gasteiger partial charge in [0, 0.05) is 13.1 Å². The lowest BCUT2D eigenvalue weighted by molar-refractivity contribution is 0.0946. The molecule has 25 heavy (non-hydrogen) atoms. The van der Waals surface area contributed by atoms with Crippen molar-refractivity contribution in [3.63, 3.8) is 0 Å². The van der Waals surface area contributed by atoms with E-state index in [2.05, 4.69) is 10.3 Å². The van der Waals surface area contributed by atoms with E-state index in [1.54, 1.807) is 22.8 Å². The molecule has 1 amide bonds. The Labute approximate surface area is 144 Å². The van der Waals surface area contributed by atoms with Gasteiger partial charge in [-0.05, 0) is 24.3 Å². The summed E-state index contributed by atoms with van der Waals surface area (Å²) in [6, 6.07) is 12.6. The number of carbonyl (C=O) groups excluding carboxylic acids is 1. The third kappa shape index (κ3) is 3.21. The molecule has 0 unspecified atom stereocenters. The molecule has 7 nitrogen and oxygen atoms in total. The molecule has 3 aromatic rings. The number of imidazole rings is 1. The van der Waals surface area contributed by atoms with E-state index in [0.29, 0.717) is 30.2 Å². The first kappa shape index (κ1) is 16.6. The number of carbonyl (C=O) groups is 1. The zero-order valence-electron chi connectivity index (χ0n) is 14.0. The number of aromatic amines is 1. The number of aromatic nitrogens is 2. The van der Waals surface area contributed by atoms with Gasteiger partial charge in [0.25, 0.3) is 5.91 Å². The summed E-state index contributed by atoms with van der Waals surface area (Å²) >= 11 is 0. The summed E-state index contributed by atoms with van der Waals surface area (Å²) in [7, 11) is 2.99. The largest absolute Gasteiger partial charge is 0.496 e. The van der Waals surface area contributed by atoms with Gasteiger partial charge in [-0.25, -0.2) is 4.79 Å². The number of hydrogen-bond acceptors (Lipinski definition) is 4. The van der Waals surface area contributed by atoms with Gasteiger partial charge < -0.3 is 19.8 Å². The van der Waals surface area contributed by atoms with Crippen LogP contribution in [0.5, 0.6) is 11.5 Å². The van der Waals surface area contributed by atoms with Crippen LogP contribution in [-0.4, -0.2) is 36.2 Å². The van der Waals surface area contributed by atoms with Crippen LogP contribution in [0.3, 0.4) is 0 Å². The highest BCUT2D eigenvalue weighted by atomic mass is 16.5. The molecule has 0 radical (unpaired) electrons. The number of nitrogens with one attached hydrogen (secondary N) is 2. The summed E-state index contributed by atoms with van der Waals surface area (Å²) in [6.07, 6.45) is 0. The highest BCUT2D eigenvalue weighted by molar-refractivity contribution is 5.99. The number of fused-ring (bicyclic) bond motifs is 1. The number of ether oxygens (including phenoxy) is 2. The van der Waals surface area contributed by atoms with E-state index >= 15 is 0 Å². The lowest BCUT2D eigenvalue weighted by Crippen LogP contribution is -2.30. The SMILES string of the molecule is COc1cccc(OC)c1C(=O)NCCn1c(=O)[nH]c2ccccc21. The fraction of sp³-hybridized carbons (Fsp3) is 0.222. The second kappa shape index (κ2) is 7.12. The number of nitrogens with zero attached hydrogens (tertiary/aromatic N) is 1. The molecule has 2 N–H and O–H groups in total. The van der Waals surface area contributed by atoms with Gasteiger partial charge in [-0.15, -0.1) is 0 Å². The standard InChI is InChI=1S/C18H19N3O4/c1-24-14-8-5-9-15(25-2)16(14)17(22)19-10-11-21-13-7-4-3-6-12(13)20-18(21)23/h3-9H,10-11H2,1-2H3,(H,19,22)(H,20,23). The average Bonchev–Trinajstić information content (AvgIpc) is 2.96. The molecule has 3 rings (SSSR count). The molecule has 1 aromatic heterocycles. The van der Waals surface area contributed by atoms with Crippen LogP contribution < -0.4 is 20.5 Å². The van der Waals surface area contributed by atoms with Crippen molar-refractivity contribution < 1.29 is 14.3 Å². The van der Waals surface area contributed by atoms with Gasteiger partial charge in [-0.2, -0.15) is 0 Å². The quantitative estimate of drug-likeness (QED) is 0.716. The molecule has 0 aliphatic heterocycles. The number of rotatable bonds is 6.